The van der Waals surface area contributed by atoms with Gasteiger partial charge in [-0.25, -0.2) is 4.79 Å². The number of fused-ring (bicyclic) bond motifs is 1. The van der Waals surface area contributed by atoms with Crippen LogP contribution in [0.3, 0.4) is 0 Å². The number of amides is 2. The van der Waals surface area contributed by atoms with Gasteiger partial charge in [0.1, 0.15) is 0 Å². The molecule has 0 saturated carbocycles. The van der Waals surface area contributed by atoms with Crippen LogP contribution in [-0.2, 0) is 4.79 Å². The highest BCUT2D eigenvalue weighted by molar-refractivity contribution is 5.94. The molecule has 0 fully saturated rings. The molecule has 1 aromatic rings. The highest BCUT2D eigenvalue weighted by atomic mass is 16.4. The number of rotatable bonds is 4. The molecule has 0 saturated heterocycles. The van der Waals surface area contributed by atoms with Crippen molar-refractivity contribution in [1.29, 1.82) is 0 Å². The first-order chi connectivity index (χ1) is 10.3. The van der Waals surface area contributed by atoms with Gasteiger partial charge in [0, 0.05) is 31.1 Å². The SMILES string of the molecule is CC(C)(C)C1CN(C(=O)NCCCC(=O)O)c2ccccc21. The number of carboxylic acid groups (broad SMARTS) is 1. The van der Waals surface area contributed by atoms with E-state index >= 15 is 0 Å². The normalized spacial score (nSPS) is 17.2. The Hall–Kier alpha value is -2.04. The first-order valence-electron chi connectivity index (χ1n) is 7.67. The number of hydrogen-bond donors (Lipinski definition) is 2. The summed E-state index contributed by atoms with van der Waals surface area (Å²) in [5.41, 5.74) is 2.24. The molecule has 0 bridgehead atoms. The van der Waals surface area contributed by atoms with E-state index in [9.17, 15) is 9.59 Å². The second kappa shape index (κ2) is 6.38. The van der Waals surface area contributed by atoms with Gasteiger partial charge in [0.15, 0.2) is 0 Å². The monoisotopic (exact) mass is 304 g/mol. The van der Waals surface area contributed by atoms with E-state index in [-0.39, 0.29) is 17.9 Å². The lowest BCUT2D eigenvalue weighted by atomic mass is 9.78. The van der Waals surface area contributed by atoms with Gasteiger partial charge in [0.05, 0.1) is 0 Å². The highest BCUT2D eigenvalue weighted by Gasteiger charge is 2.38. The van der Waals surface area contributed by atoms with Crippen LogP contribution in [0.25, 0.3) is 0 Å². The third-order valence-corrected chi connectivity index (χ3v) is 4.10. The molecular formula is C17H24N2O3. The minimum atomic E-state index is -0.839. The summed E-state index contributed by atoms with van der Waals surface area (Å²) in [5.74, 6) is -0.540. The Kier molecular flexibility index (Phi) is 4.74. The molecule has 1 heterocycles. The molecule has 1 aliphatic rings. The maximum atomic E-state index is 12.4. The van der Waals surface area contributed by atoms with Crippen LogP contribution >= 0.6 is 0 Å². The predicted molar refractivity (Wildman–Crippen MR) is 86.3 cm³/mol. The number of carbonyl (C=O) groups excluding carboxylic acids is 1. The molecule has 5 nitrogen and oxygen atoms in total. The van der Waals surface area contributed by atoms with E-state index in [2.05, 4.69) is 32.2 Å². The summed E-state index contributed by atoms with van der Waals surface area (Å²) in [6.45, 7) is 7.59. The van der Waals surface area contributed by atoms with Crippen LogP contribution in [0.2, 0.25) is 0 Å². The number of para-hydroxylation sites is 1. The van der Waals surface area contributed by atoms with Gasteiger partial charge < -0.3 is 10.4 Å². The number of anilines is 1. The second-order valence-electron chi connectivity index (χ2n) is 6.82. The topological polar surface area (TPSA) is 69.6 Å². The molecule has 1 unspecified atom stereocenters. The zero-order chi connectivity index (χ0) is 16.3. The van der Waals surface area contributed by atoms with E-state index in [0.717, 1.165) is 5.69 Å². The van der Waals surface area contributed by atoms with E-state index in [1.807, 2.05) is 18.2 Å². The Morgan fingerprint density at radius 3 is 2.64 bits per heavy atom. The van der Waals surface area contributed by atoms with Gasteiger partial charge in [-0.2, -0.15) is 0 Å². The molecule has 0 spiro atoms. The van der Waals surface area contributed by atoms with Crippen LogP contribution in [0.15, 0.2) is 24.3 Å². The lowest BCUT2D eigenvalue weighted by molar-refractivity contribution is -0.137. The summed E-state index contributed by atoms with van der Waals surface area (Å²) in [6, 6.07) is 7.85. The summed E-state index contributed by atoms with van der Waals surface area (Å²) in [7, 11) is 0. The average Bonchev–Trinajstić information content (AvgIpc) is 2.83. The summed E-state index contributed by atoms with van der Waals surface area (Å²) in [4.78, 5) is 24.7. The van der Waals surface area contributed by atoms with Crippen molar-refractivity contribution in [3.8, 4) is 0 Å². The Morgan fingerprint density at radius 1 is 1.32 bits per heavy atom. The van der Waals surface area contributed by atoms with Crippen molar-refractivity contribution in [1.82, 2.24) is 5.32 Å². The summed E-state index contributed by atoms with van der Waals surface area (Å²) < 4.78 is 0. The first-order valence-corrected chi connectivity index (χ1v) is 7.67. The molecule has 0 aromatic heterocycles. The zero-order valence-electron chi connectivity index (χ0n) is 13.4. The average molecular weight is 304 g/mol. The zero-order valence-corrected chi connectivity index (χ0v) is 13.4. The molecule has 0 aliphatic carbocycles. The van der Waals surface area contributed by atoms with Crippen LogP contribution in [0.1, 0.15) is 45.1 Å². The predicted octanol–water partition coefficient (Wildman–Crippen LogP) is 3.21. The Bertz CT molecular complexity index is 563. The third-order valence-electron chi connectivity index (χ3n) is 4.10. The largest absolute Gasteiger partial charge is 0.481 e. The molecule has 120 valence electrons. The van der Waals surface area contributed by atoms with Crippen molar-refractivity contribution in [3.05, 3.63) is 29.8 Å². The van der Waals surface area contributed by atoms with Crippen LogP contribution in [0.4, 0.5) is 10.5 Å². The fourth-order valence-electron chi connectivity index (χ4n) is 2.87. The van der Waals surface area contributed by atoms with Crippen LogP contribution in [0, 0.1) is 5.41 Å². The number of nitrogens with one attached hydrogen (secondary N) is 1. The van der Waals surface area contributed by atoms with Crippen molar-refractivity contribution >= 4 is 17.7 Å². The summed E-state index contributed by atoms with van der Waals surface area (Å²) in [5, 5.41) is 11.4. The third kappa shape index (κ3) is 3.59. The molecule has 2 N–H and O–H groups in total. The van der Waals surface area contributed by atoms with E-state index in [4.69, 9.17) is 5.11 Å². The van der Waals surface area contributed by atoms with Gasteiger partial charge in [0.25, 0.3) is 0 Å². The molecule has 22 heavy (non-hydrogen) atoms. The quantitative estimate of drug-likeness (QED) is 0.839. The standard InChI is InChI=1S/C17H24N2O3/c1-17(2,3)13-11-19(14-8-5-4-7-12(13)14)16(22)18-10-6-9-15(20)21/h4-5,7-8,13H,6,9-11H2,1-3H3,(H,18,22)(H,20,21). The molecule has 1 aliphatic heterocycles. The van der Waals surface area contributed by atoms with Gasteiger partial charge in [-0.15, -0.1) is 0 Å². The number of urea groups is 1. The number of aliphatic carboxylic acids is 1. The Morgan fingerprint density at radius 2 is 2.00 bits per heavy atom. The van der Waals surface area contributed by atoms with E-state index in [1.54, 1.807) is 4.90 Å². The molecular weight excluding hydrogens is 280 g/mol. The molecule has 2 amide bonds. The van der Waals surface area contributed by atoms with Gasteiger partial charge in [-0.3, -0.25) is 9.69 Å². The minimum Gasteiger partial charge on any atom is -0.481 e. The first kappa shape index (κ1) is 16.3. The van der Waals surface area contributed by atoms with E-state index in [0.29, 0.717) is 25.4 Å². The lowest BCUT2D eigenvalue weighted by Crippen LogP contribution is -2.40. The molecule has 5 heteroatoms. The van der Waals surface area contributed by atoms with E-state index < -0.39 is 5.97 Å². The van der Waals surface area contributed by atoms with Crippen LogP contribution < -0.4 is 10.2 Å². The van der Waals surface area contributed by atoms with Crippen LogP contribution in [0.5, 0.6) is 0 Å². The van der Waals surface area contributed by atoms with Crippen molar-refractivity contribution in [2.75, 3.05) is 18.0 Å². The van der Waals surface area contributed by atoms with Gasteiger partial charge in [-0.05, 0) is 23.5 Å². The highest BCUT2D eigenvalue weighted by Crippen LogP contribution is 2.45. The van der Waals surface area contributed by atoms with Crippen LogP contribution in [-0.4, -0.2) is 30.2 Å². The Labute approximate surface area is 131 Å². The lowest BCUT2D eigenvalue weighted by Gasteiger charge is -2.27. The summed E-state index contributed by atoms with van der Waals surface area (Å²) >= 11 is 0. The second-order valence-corrected chi connectivity index (χ2v) is 6.82. The Balaban J connectivity index is 2.06. The fourth-order valence-corrected chi connectivity index (χ4v) is 2.87. The number of benzene rings is 1. The van der Waals surface area contributed by atoms with E-state index in [1.165, 1.54) is 5.56 Å². The van der Waals surface area contributed by atoms with Crippen molar-refractivity contribution in [2.45, 2.75) is 39.5 Å². The molecule has 2 rings (SSSR count). The maximum Gasteiger partial charge on any atom is 0.321 e. The number of nitrogens with zero attached hydrogens (tertiary/aromatic N) is 1. The van der Waals surface area contributed by atoms with Crippen molar-refractivity contribution in [2.24, 2.45) is 5.41 Å². The van der Waals surface area contributed by atoms with Gasteiger partial charge in [-0.1, -0.05) is 39.0 Å². The number of carboxylic acids is 1. The number of hydrogen-bond acceptors (Lipinski definition) is 2. The van der Waals surface area contributed by atoms with Gasteiger partial charge >= 0.3 is 12.0 Å². The summed E-state index contributed by atoms with van der Waals surface area (Å²) in [6.07, 6.45) is 0.515. The molecule has 1 atom stereocenters. The molecule has 1 aromatic carbocycles. The minimum absolute atomic E-state index is 0.0709. The molecule has 0 radical (unpaired) electrons. The number of carbonyl (C=O) groups is 2. The fraction of sp³-hybridized carbons (Fsp3) is 0.529. The van der Waals surface area contributed by atoms with Gasteiger partial charge in [0.2, 0.25) is 0 Å². The maximum absolute atomic E-state index is 12.4. The smallest absolute Gasteiger partial charge is 0.321 e. The van der Waals surface area contributed by atoms with Crippen molar-refractivity contribution in [3.63, 3.8) is 0 Å². The van der Waals surface area contributed by atoms with Crippen molar-refractivity contribution < 1.29 is 14.7 Å².